The van der Waals surface area contributed by atoms with Gasteiger partial charge in [-0.25, -0.2) is 0 Å². The number of carbonyl (C=O) groups is 1. The Labute approximate surface area is 98.2 Å². The van der Waals surface area contributed by atoms with Crippen molar-refractivity contribution in [2.45, 2.75) is 19.3 Å². The van der Waals surface area contributed by atoms with E-state index in [0.717, 1.165) is 5.56 Å². The first-order chi connectivity index (χ1) is 7.95. The maximum absolute atomic E-state index is 10.6. The van der Waals surface area contributed by atoms with Crippen LogP contribution in [0.5, 0.6) is 0 Å². The first-order valence-electron chi connectivity index (χ1n) is 5.12. The fraction of sp³-hybridized carbons (Fsp3) is 0.364. The average molecular weight is 238 g/mol. The second-order valence-electron chi connectivity index (χ2n) is 3.83. The average Bonchev–Trinajstić information content (AvgIpc) is 2.24. The number of carboxylic acid groups (broad SMARTS) is 1. The van der Waals surface area contributed by atoms with Crippen molar-refractivity contribution in [2.24, 2.45) is 5.73 Å². The van der Waals surface area contributed by atoms with Gasteiger partial charge in [0.1, 0.15) is 0 Å². The molecule has 1 rings (SSSR count). The van der Waals surface area contributed by atoms with Crippen LogP contribution in [-0.4, -0.2) is 22.5 Å². The summed E-state index contributed by atoms with van der Waals surface area (Å²) in [7, 11) is 0. The Bertz CT molecular complexity index is 445. The van der Waals surface area contributed by atoms with Gasteiger partial charge in [-0.05, 0) is 25.1 Å². The first-order valence-corrected chi connectivity index (χ1v) is 5.12. The van der Waals surface area contributed by atoms with E-state index in [9.17, 15) is 14.9 Å². The van der Waals surface area contributed by atoms with Gasteiger partial charge in [0, 0.05) is 17.5 Å². The normalized spacial score (nSPS) is 12.1. The van der Waals surface area contributed by atoms with Crippen LogP contribution < -0.4 is 5.73 Å². The Morgan fingerprint density at radius 1 is 1.59 bits per heavy atom. The zero-order valence-corrected chi connectivity index (χ0v) is 9.42. The van der Waals surface area contributed by atoms with E-state index in [-0.39, 0.29) is 24.6 Å². The fourth-order valence-electron chi connectivity index (χ4n) is 1.69. The molecule has 0 amide bonds. The molecule has 0 heterocycles. The largest absolute Gasteiger partial charge is 0.481 e. The van der Waals surface area contributed by atoms with Gasteiger partial charge in [-0.3, -0.25) is 14.9 Å². The Balaban J connectivity index is 3.02. The predicted octanol–water partition coefficient (Wildman–Crippen LogP) is 1.42. The van der Waals surface area contributed by atoms with E-state index in [1.54, 1.807) is 19.1 Å². The highest BCUT2D eigenvalue weighted by Gasteiger charge is 2.17. The highest BCUT2D eigenvalue weighted by atomic mass is 16.6. The van der Waals surface area contributed by atoms with Gasteiger partial charge in [0.25, 0.3) is 5.69 Å². The molecule has 0 spiro atoms. The Morgan fingerprint density at radius 3 is 2.65 bits per heavy atom. The second kappa shape index (κ2) is 5.40. The van der Waals surface area contributed by atoms with Crippen molar-refractivity contribution in [3.63, 3.8) is 0 Å². The van der Waals surface area contributed by atoms with Crippen molar-refractivity contribution in [1.82, 2.24) is 0 Å². The van der Waals surface area contributed by atoms with Crippen LogP contribution in [0.4, 0.5) is 5.69 Å². The number of nitro groups is 1. The van der Waals surface area contributed by atoms with E-state index in [1.165, 1.54) is 6.07 Å². The van der Waals surface area contributed by atoms with Gasteiger partial charge < -0.3 is 10.8 Å². The summed E-state index contributed by atoms with van der Waals surface area (Å²) < 4.78 is 0. The minimum atomic E-state index is -0.934. The molecule has 0 saturated carbocycles. The molecule has 0 fully saturated rings. The Kier molecular flexibility index (Phi) is 4.17. The van der Waals surface area contributed by atoms with E-state index in [2.05, 4.69) is 0 Å². The summed E-state index contributed by atoms with van der Waals surface area (Å²) in [5.41, 5.74) is 6.76. The molecule has 0 aliphatic heterocycles. The number of hydrogen-bond acceptors (Lipinski definition) is 4. The van der Waals surface area contributed by atoms with Crippen molar-refractivity contribution in [3.05, 3.63) is 39.4 Å². The summed E-state index contributed by atoms with van der Waals surface area (Å²) in [5, 5.41) is 19.4. The topological polar surface area (TPSA) is 106 Å². The van der Waals surface area contributed by atoms with Crippen molar-refractivity contribution < 1.29 is 14.8 Å². The van der Waals surface area contributed by atoms with Crippen LogP contribution in [0.25, 0.3) is 0 Å². The molecular formula is C11H14N2O4. The number of hydrogen-bond donors (Lipinski definition) is 2. The lowest BCUT2D eigenvalue weighted by Gasteiger charge is -2.13. The number of aryl methyl sites for hydroxylation is 1. The Hall–Kier alpha value is -1.95. The zero-order valence-electron chi connectivity index (χ0n) is 9.42. The van der Waals surface area contributed by atoms with Gasteiger partial charge >= 0.3 is 5.97 Å². The van der Waals surface area contributed by atoms with Crippen molar-refractivity contribution in [3.8, 4) is 0 Å². The van der Waals surface area contributed by atoms with Crippen LogP contribution >= 0.6 is 0 Å². The van der Waals surface area contributed by atoms with Crippen LogP contribution in [0.15, 0.2) is 18.2 Å². The monoisotopic (exact) mass is 238 g/mol. The number of rotatable bonds is 5. The number of aliphatic carboxylic acids is 1. The van der Waals surface area contributed by atoms with Gasteiger partial charge in [-0.2, -0.15) is 0 Å². The van der Waals surface area contributed by atoms with Gasteiger partial charge in [-0.1, -0.05) is 6.07 Å². The highest BCUT2D eigenvalue weighted by molar-refractivity contribution is 5.68. The third-order valence-corrected chi connectivity index (χ3v) is 2.59. The molecule has 0 aliphatic carbocycles. The predicted molar refractivity (Wildman–Crippen MR) is 61.9 cm³/mol. The lowest BCUT2D eigenvalue weighted by molar-refractivity contribution is -0.385. The summed E-state index contributed by atoms with van der Waals surface area (Å²) >= 11 is 0. The minimum absolute atomic E-state index is 0.0276. The zero-order chi connectivity index (χ0) is 13.0. The molecule has 0 bridgehead atoms. The fourth-order valence-corrected chi connectivity index (χ4v) is 1.69. The molecule has 1 unspecified atom stereocenters. The summed E-state index contributed by atoms with van der Waals surface area (Å²) in [6.45, 7) is 1.82. The second-order valence-corrected chi connectivity index (χ2v) is 3.83. The molecule has 6 heteroatoms. The van der Waals surface area contributed by atoms with Gasteiger partial charge in [0.15, 0.2) is 0 Å². The molecule has 0 saturated heterocycles. The third-order valence-electron chi connectivity index (χ3n) is 2.59. The lowest BCUT2D eigenvalue weighted by atomic mass is 9.94. The van der Waals surface area contributed by atoms with Crippen molar-refractivity contribution in [2.75, 3.05) is 6.54 Å². The number of nitrogens with two attached hydrogens (primary N) is 1. The molecule has 92 valence electrons. The molecule has 1 aromatic carbocycles. The van der Waals surface area contributed by atoms with E-state index < -0.39 is 10.9 Å². The van der Waals surface area contributed by atoms with E-state index >= 15 is 0 Å². The van der Waals surface area contributed by atoms with E-state index in [0.29, 0.717) is 5.56 Å². The summed E-state index contributed by atoms with van der Waals surface area (Å²) in [5.74, 6) is -1.25. The maximum atomic E-state index is 10.6. The molecule has 0 radical (unpaired) electrons. The van der Waals surface area contributed by atoms with Crippen LogP contribution in [0.3, 0.4) is 0 Å². The minimum Gasteiger partial charge on any atom is -0.481 e. The number of benzene rings is 1. The van der Waals surface area contributed by atoms with Crippen LogP contribution in [0.1, 0.15) is 23.5 Å². The molecule has 1 atom stereocenters. The van der Waals surface area contributed by atoms with Crippen LogP contribution in [-0.2, 0) is 4.79 Å². The lowest BCUT2D eigenvalue weighted by Crippen LogP contribution is -2.16. The van der Waals surface area contributed by atoms with E-state index in [1.807, 2.05) is 0 Å². The summed E-state index contributed by atoms with van der Waals surface area (Å²) in [6, 6.07) is 4.57. The molecule has 3 N–H and O–H groups in total. The summed E-state index contributed by atoms with van der Waals surface area (Å²) in [6.07, 6.45) is -0.0756. The highest BCUT2D eigenvalue weighted by Crippen LogP contribution is 2.25. The standard InChI is InChI=1S/C11H14N2O4/c1-7-4-8(2-3-10(7)13(16)17)9(6-12)5-11(14)15/h2-4,9H,5-6,12H2,1H3,(H,14,15). The third kappa shape index (κ3) is 3.25. The van der Waals surface area contributed by atoms with Crippen LogP contribution in [0, 0.1) is 17.0 Å². The first kappa shape index (κ1) is 13.1. The van der Waals surface area contributed by atoms with Gasteiger partial charge in [-0.15, -0.1) is 0 Å². The molecule has 17 heavy (non-hydrogen) atoms. The van der Waals surface area contributed by atoms with Crippen molar-refractivity contribution in [1.29, 1.82) is 0 Å². The van der Waals surface area contributed by atoms with Gasteiger partial charge in [0.05, 0.1) is 11.3 Å². The summed E-state index contributed by atoms with van der Waals surface area (Å²) in [4.78, 5) is 20.8. The molecule has 1 aromatic rings. The maximum Gasteiger partial charge on any atom is 0.304 e. The molecule has 0 aliphatic rings. The number of nitro benzene ring substituents is 1. The molecule has 6 nitrogen and oxygen atoms in total. The quantitative estimate of drug-likeness (QED) is 0.596. The van der Waals surface area contributed by atoms with Crippen molar-refractivity contribution >= 4 is 11.7 Å². The number of carboxylic acids is 1. The van der Waals surface area contributed by atoms with Crippen LogP contribution in [0.2, 0.25) is 0 Å². The SMILES string of the molecule is Cc1cc(C(CN)CC(=O)O)ccc1[N+](=O)[O-]. The van der Waals surface area contributed by atoms with Gasteiger partial charge in [0.2, 0.25) is 0 Å². The van der Waals surface area contributed by atoms with E-state index in [4.69, 9.17) is 10.8 Å². The smallest absolute Gasteiger partial charge is 0.304 e. The molecular weight excluding hydrogens is 224 g/mol. The number of nitrogens with zero attached hydrogens (tertiary/aromatic N) is 1. The molecule has 0 aromatic heterocycles. The Morgan fingerprint density at radius 2 is 2.24 bits per heavy atom.